The number of ether oxygens (including phenoxy) is 1. The van der Waals surface area contributed by atoms with Gasteiger partial charge in [-0.1, -0.05) is 11.6 Å². The van der Waals surface area contributed by atoms with Crippen molar-refractivity contribution in [2.75, 3.05) is 13.7 Å². The molecule has 2 aromatic rings. The summed E-state index contributed by atoms with van der Waals surface area (Å²) in [5, 5.41) is 12.3. The standard InChI is InChI=1S/C14H15ClO3/c1-17-8-14(16,10-2-3-10)13-7-9-6-11(15)4-5-12(9)18-13/h4-7,10,16H,2-3,8H2,1H3. The summed E-state index contributed by atoms with van der Waals surface area (Å²) >= 11 is 5.95. The first-order valence-corrected chi connectivity index (χ1v) is 6.42. The van der Waals surface area contributed by atoms with Crippen molar-refractivity contribution in [2.45, 2.75) is 18.4 Å². The first kappa shape index (κ1) is 12.0. The van der Waals surface area contributed by atoms with Gasteiger partial charge in [-0.05, 0) is 43.0 Å². The Kier molecular flexibility index (Phi) is 2.85. The van der Waals surface area contributed by atoms with Crippen molar-refractivity contribution in [2.24, 2.45) is 5.92 Å². The fraction of sp³-hybridized carbons (Fsp3) is 0.429. The Morgan fingerprint density at radius 1 is 1.44 bits per heavy atom. The van der Waals surface area contributed by atoms with Gasteiger partial charge in [0.15, 0.2) is 0 Å². The minimum Gasteiger partial charge on any atom is -0.458 e. The summed E-state index contributed by atoms with van der Waals surface area (Å²) in [5.74, 6) is 0.803. The summed E-state index contributed by atoms with van der Waals surface area (Å²) in [5.41, 5.74) is -0.273. The highest BCUT2D eigenvalue weighted by molar-refractivity contribution is 6.31. The minimum atomic E-state index is -1.01. The molecule has 3 nitrogen and oxygen atoms in total. The molecule has 0 bridgehead atoms. The molecule has 0 aliphatic heterocycles. The summed E-state index contributed by atoms with van der Waals surface area (Å²) in [7, 11) is 1.59. The maximum Gasteiger partial charge on any atom is 0.148 e. The molecular formula is C14H15ClO3. The summed E-state index contributed by atoms with van der Waals surface area (Å²) in [6.07, 6.45) is 2.02. The topological polar surface area (TPSA) is 42.6 Å². The van der Waals surface area contributed by atoms with Crippen LogP contribution in [0, 0.1) is 5.92 Å². The summed E-state index contributed by atoms with van der Waals surface area (Å²) < 4.78 is 10.9. The van der Waals surface area contributed by atoms with E-state index in [1.165, 1.54) is 0 Å². The lowest BCUT2D eigenvalue weighted by Crippen LogP contribution is -2.33. The van der Waals surface area contributed by atoms with Crippen LogP contribution in [-0.2, 0) is 10.3 Å². The van der Waals surface area contributed by atoms with E-state index in [0.717, 1.165) is 23.8 Å². The quantitative estimate of drug-likeness (QED) is 0.923. The summed E-state index contributed by atoms with van der Waals surface area (Å²) in [6, 6.07) is 7.30. The van der Waals surface area contributed by atoms with Crippen LogP contribution in [0.5, 0.6) is 0 Å². The number of methoxy groups -OCH3 is 1. The maximum atomic E-state index is 10.7. The van der Waals surface area contributed by atoms with Crippen molar-refractivity contribution < 1.29 is 14.3 Å². The van der Waals surface area contributed by atoms with E-state index in [1.807, 2.05) is 18.2 Å². The lowest BCUT2D eigenvalue weighted by molar-refractivity contribution is -0.0669. The third kappa shape index (κ3) is 1.92. The molecule has 18 heavy (non-hydrogen) atoms. The van der Waals surface area contributed by atoms with Crippen LogP contribution < -0.4 is 0 Å². The molecule has 1 unspecified atom stereocenters. The Balaban J connectivity index is 2.06. The van der Waals surface area contributed by atoms with Crippen LogP contribution in [0.1, 0.15) is 18.6 Å². The predicted octanol–water partition coefficient (Wildman–Crippen LogP) is 3.33. The van der Waals surface area contributed by atoms with Crippen LogP contribution in [0.4, 0.5) is 0 Å². The van der Waals surface area contributed by atoms with Crippen molar-refractivity contribution in [3.05, 3.63) is 35.0 Å². The van der Waals surface area contributed by atoms with Crippen LogP contribution in [0.2, 0.25) is 5.02 Å². The van der Waals surface area contributed by atoms with Gasteiger partial charge in [-0.3, -0.25) is 0 Å². The fourth-order valence-corrected chi connectivity index (χ4v) is 2.58. The van der Waals surface area contributed by atoms with E-state index >= 15 is 0 Å². The summed E-state index contributed by atoms with van der Waals surface area (Å²) in [6.45, 7) is 0.255. The van der Waals surface area contributed by atoms with Crippen molar-refractivity contribution in [3.8, 4) is 0 Å². The first-order chi connectivity index (χ1) is 8.63. The zero-order chi connectivity index (χ0) is 12.8. The normalized spacial score (nSPS) is 19.1. The van der Waals surface area contributed by atoms with Crippen LogP contribution in [0.15, 0.2) is 28.7 Å². The lowest BCUT2D eigenvalue weighted by atomic mass is 9.95. The third-order valence-corrected chi connectivity index (χ3v) is 3.76. The van der Waals surface area contributed by atoms with Gasteiger partial charge in [-0.15, -0.1) is 0 Å². The zero-order valence-electron chi connectivity index (χ0n) is 10.1. The molecule has 1 N–H and O–H groups in total. The van der Waals surface area contributed by atoms with E-state index in [4.69, 9.17) is 20.8 Å². The second kappa shape index (κ2) is 4.26. The van der Waals surface area contributed by atoms with E-state index in [-0.39, 0.29) is 12.5 Å². The molecule has 0 spiro atoms. The van der Waals surface area contributed by atoms with Gasteiger partial charge in [0.05, 0.1) is 6.61 Å². The van der Waals surface area contributed by atoms with Gasteiger partial charge in [0.25, 0.3) is 0 Å². The van der Waals surface area contributed by atoms with E-state index < -0.39 is 5.60 Å². The molecule has 1 atom stereocenters. The number of rotatable bonds is 4. The second-order valence-corrected chi connectivity index (χ2v) is 5.36. The third-order valence-electron chi connectivity index (χ3n) is 3.52. The van der Waals surface area contributed by atoms with Crippen molar-refractivity contribution in [3.63, 3.8) is 0 Å². The Hall–Kier alpha value is -1.03. The number of aliphatic hydroxyl groups is 1. The van der Waals surface area contributed by atoms with Gasteiger partial charge in [0.1, 0.15) is 16.9 Å². The van der Waals surface area contributed by atoms with Gasteiger partial charge in [0.2, 0.25) is 0 Å². The average molecular weight is 267 g/mol. The van der Waals surface area contributed by atoms with Crippen molar-refractivity contribution >= 4 is 22.6 Å². The molecule has 0 saturated heterocycles. The molecular weight excluding hydrogens is 252 g/mol. The van der Waals surface area contributed by atoms with Gasteiger partial charge >= 0.3 is 0 Å². The highest BCUT2D eigenvalue weighted by Crippen LogP contribution is 2.47. The molecule has 0 amide bonds. The maximum absolute atomic E-state index is 10.7. The van der Waals surface area contributed by atoms with E-state index in [1.54, 1.807) is 13.2 Å². The molecule has 1 aliphatic rings. The minimum absolute atomic E-state index is 0.230. The second-order valence-electron chi connectivity index (χ2n) is 4.92. The molecule has 1 aliphatic carbocycles. The van der Waals surface area contributed by atoms with Gasteiger partial charge in [-0.25, -0.2) is 0 Å². The smallest absolute Gasteiger partial charge is 0.148 e. The van der Waals surface area contributed by atoms with Crippen LogP contribution >= 0.6 is 11.6 Å². The Morgan fingerprint density at radius 3 is 2.89 bits per heavy atom. The van der Waals surface area contributed by atoms with E-state index in [2.05, 4.69) is 0 Å². The molecule has 1 aromatic carbocycles. The molecule has 1 heterocycles. The average Bonchev–Trinajstić information content (AvgIpc) is 3.10. The largest absolute Gasteiger partial charge is 0.458 e. The Bertz CT molecular complexity index is 573. The van der Waals surface area contributed by atoms with Crippen LogP contribution in [0.25, 0.3) is 11.0 Å². The number of halogens is 1. The van der Waals surface area contributed by atoms with Crippen LogP contribution in [-0.4, -0.2) is 18.8 Å². The number of hydrogen-bond acceptors (Lipinski definition) is 3. The van der Waals surface area contributed by atoms with Crippen molar-refractivity contribution in [1.29, 1.82) is 0 Å². The van der Waals surface area contributed by atoms with Gasteiger partial charge in [-0.2, -0.15) is 0 Å². The molecule has 0 radical (unpaired) electrons. The zero-order valence-corrected chi connectivity index (χ0v) is 10.9. The Labute approximate surface area is 110 Å². The number of benzene rings is 1. The highest BCUT2D eigenvalue weighted by Gasteiger charge is 2.47. The van der Waals surface area contributed by atoms with Gasteiger partial charge in [0, 0.05) is 17.5 Å². The predicted molar refractivity (Wildman–Crippen MR) is 69.7 cm³/mol. The molecule has 1 fully saturated rings. The van der Waals surface area contributed by atoms with Gasteiger partial charge < -0.3 is 14.3 Å². The Morgan fingerprint density at radius 2 is 2.22 bits per heavy atom. The van der Waals surface area contributed by atoms with E-state index in [9.17, 15) is 5.11 Å². The number of fused-ring (bicyclic) bond motifs is 1. The molecule has 3 rings (SSSR count). The molecule has 1 saturated carbocycles. The number of hydrogen-bond donors (Lipinski definition) is 1. The molecule has 4 heteroatoms. The molecule has 1 aromatic heterocycles. The van der Waals surface area contributed by atoms with E-state index in [0.29, 0.717) is 10.8 Å². The van der Waals surface area contributed by atoms with Crippen molar-refractivity contribution in [1.82, 2.24) is 0 Å². The highest BCUT2D eigenvalue weighted by atomic mass is 35.5. The lowest BCUT2D eigenvalue weighted by Gasteiger charge is -2.24. The summed E-state index contributed by atoms with van der Waals surface area (Å²) in [4.78, 5) is 0. The fourth-order valence-electron chi connectivity index (χ4n) is 2.40. The monoisotopic (exact) mass is 266 g/mol. The first-order valence-electron chi connectivity index (χ1n) is 6.04. The van der Waals surface area contributed by atoms with Crippen LogP contribution in [0.3, 0.4) is 0 Å². The number of furan rings is 1. The molecule has 96 valence electrons. The SMILES string of the molecule is COCC(O)(c1cc2cc(Cl)ccc2o1)C1CC1.